The summed E-state index contributed by atoms with van der Waals surface area (Å²) in [6.45, 7) is 2.87. The average molecular weight is 221 g/mol. The summed E-state index contributed by atoms with van der Waals surface area (Å²) in [7, 11) is 1.42. The summed E-state index contributed by atoms with van der Waals surface area (Å²) in [4.78, 5) is 11.0. The highest BCUT2D eigenvalue weighted by molar-refractivity contribution is 5.69. The quantitative estimate of drug-likeness (QED) is 0.744. The second-order valence-corrected chi connectivity index (χ2v) is 3.87. The van der Waals surface area contributed by atoms with E-state index in [2.05, 4.69) is 22.2 Å². The van der Waals surface area contributed by atoms with E-state index >= 15 is 0 Å². The van der Waals surface area contributed by atoms with Gasteiger partial charge in [-0.2, -0.15) is 0 Å². The van der Waals surface area contributed by atoms with Crippen LogP contribution in [0.15, 0.2) is 30.3 Å². The Morgan fingerprint density at radius 3 is 2.69 bits per heavy atom. The van der Waals surface area contributed by atoms with Crippen LogP contribution in [0.2, 0.25) is 0 Å². The van der Waals surface area contributed by atoms with Crippen LogP contribution >= 0.6 is 0 Å². The molecule has 0 saturated heterocycles. The number of benzene rings is 1. The molecule has 0 aliphatic heterocycles. The minimum Gasteiger partial charge on any atom is -0.469 e. The van der Waals surface area contributed by atoms with Crippen molar-refractivity contribution in [2.24, 2.45) is 0 Å². The maximum absolute atomic E-state index is 11.0. The Balaban J connectivity index is 2.18. The molecule has 1 atom stereocenters. The minimum atomic E-state index is -0.167. The molecule has 3 nitrogen and oxygen atoms in total. The van der Waals surface area contributed by atoms with Crippen molar-refractivity contribution in [3.05, 3.63) is 35.9 Å². The first-order valence-corrected chi connectivity index (χ1v) is 5.56. The SMILES string of the molecule is COC(=O)C[C@@H](C)NCCc1ccccc1. The molecule has 0 fully saturated rings. The van der Waals surface area contributed by atoms with E-state index < -0.39 is 0 Å². The van der Waals surface area contributed by atoms with Gasteiger partial charge in [0.2, 0.25) is 0 Å². The summed E-state index contributed by atoms with van der Waals surface area (Å²) >= 11 is 0. The Morgan fingerprint density at radius 1 is 1.38 bits per heavy atom. The number of esters is 1. The Morgan fingerprint density at radius 2 is 2.06 bits per heavy atom. The van der Waals surface area contributed by atoms with Crippen molar-refractivity contribution >= 4 is 5.97 Å². The number of hydrogen-bond donors (Lipinski definition) is 1. The van der Waals surface area contributed by atoms with Crippen LogP contribution in [-0.2, 0) is 16.0 Å². The lowest BCUT2D eigenvalue weighted by Gasteiger charge is -2.12. The highest BCUT2D eigenvalue weighted by Gasteiger charge is 2.07. The predicted octanol–water partition coefficient (Wildman–Crippen LogP) is 1.77. The van der Waals surface area contributed by atoms with Crippen LogP contribution in [0.4, 0.5) is 0 Å². The van der Waals surface area contributed by atoms with Crippen molar-refractivity contribution < 1.29 is 9.53 Å². The topological polar surface area (TPSA) is 38.3 Å². The van der Waals surface area contributed by atoms with Gasteiger partial charge in [-0.15, -0.1) is 0 Å². The van der Waals surface area contributed by atoms with Crippen LogP contribution < -0.4 is 5.32 Å². The van der Waals surface area contributed by atoms with E-state index in [1.54, 1.807) is 0 Å². The summed E-state index contributed by atoms with van der Waals surface area (Å²) < 4.78 is 4.61. The molecule has 1 N–H and O–H groups in total. The molecule has 0 amide bonds. The van der Waals surface area contributed by atoms with Crippen LogP contribution in [0.5, 0.6) is 0 Å². The largest absolute Gasteiger partial charge is 0.469 e. The first-order valence-electron chi connectivity index (χ1n) is 5.56. The molecule has 1 aromatic rings. The smallest absolute Gasteiger partial charge is 0.307 e. The van der Waals surface area contributed by atoms with Crippen LogP contribution in [-0.4, -0.2) is 25.7 Å². The molecule has 0 radical (unpaired) electrons. The number of methoxy groups -OCH3 is 1. The van der Waals surface area contributed by atoms with Gasteiger partial charge in [-0.05, 0) is 25.5 Å². The van der Waals surface area contributed by atoms with Gasteiger partial charge in [-0.25, -0.2) is 0 Å². The van der Waals surface area contributed by atoms with E-state index in [1.807, 2.05) is 25.1 Å². The fourth-order valence-corrected chi connectivity index (χ4v) is 1.51. The van der Waals surface area contributed by atoms with Gasteiger partial charge < -0.3 is 10.1 Å². The van der Waals surface area contributed by atoms with E-state index in [4.69, 9.17) is 0 Å². The Hall–Kier alpha value is -1.35. The number of nitrogens with one attached hydrogen (secondary N) is 1. The van der Waals surface area contributed by atoms with E-state index in [0.717, 1.165) is 13.0 Å². The average Bonchev–Trinajstić information content (AvgIpc) is 2.30. The van der Waals surface area contributed by atoms with Crippen molar-refractivity contribution in [2.75, 3.05) is 13.7 Å². The molecular formula is C13H19NO2. The van der Waals surface area contributed by atoms with Gasteiger partial charge in [-0.3, -0.25) is 4.79 Å². The molecule has 0 saturated carbocycles. The standard InChI is InChI=1S/C13H19NO2/c1-11(10-13(15)16-2)14-9-8-12-6-4-3-5-7-12/h3-7,11,14H,8-10H2,1-2H3/t11-/m1/s1. The van der Waals surface area contributed by atoms with Gasteiger partial charge >= 0.3 is 5.97 Å². The molecule has 0 aliphatic carbocycles. The lowest BCUT2D eigenvalue weighted by molar-refractivity contribution is -0.141. The fourth-order valence-electron chi connectivity index (χ4n) is 1.51. The zero-order valence-electron chi connectivity index (χ0n) is 9.90. The number of rotatable bonds is 6. The zero-order chi connectivity index (χ0) is 11.8. The number of hydrogen-bond acceptors (Lipinski definition) is 3. The van der Waals surface area contributed by atoms with E-state index in [0.29, 0.717) is 6.42 Å². The maximum Gasteiger partial charge on any atom is 0.307 e. The van der Waals surface area contributed by atoms with Crippen molar-refractivity contribution in [3.63, 3.8) is 0 Å². The first kappa shape index (κ1) is 12.7. The Labute approximate surface area is 96.8 Å². The Bertz CT molecular complexity index is 311. The molecule has 1 rings (SSSR count). The van der Waals surface area contributed by atoms with Crippen molar-refractivity contribution in [3.8, 4) is 0 Å². The van der Waals surface area contributed by atoms with E-state index in [9.17, 15) is 4.79 Å². The Kier molecular flexibility index (Phi) is 5.57. The van der Waals surface area contributed by atoms with Crippen LogP contribution in [0.25, 0.3) is 0 Å². The monoisotopic (exact) mass is 221 g/mol. The molecule has 0 unspecified atom stereocenters. The molecule has 0 aromatic heterocycles. The van der Waals surface area contributed by atoms with Crippen molar-refractivity contribution in [1.82, 2.24) is 5.32 Å². The summed E-state index contributed by atoms with van der Waals surface area (Å²) in [5, 5.41) is 3.30. The highest BCUT2D eigenvalue weighted by atomic mass is 16.5. The third-order valence-electron chi connectivity index (χ3n) is 2.45. The molecule has 16 heavy (non-hydrogen) atoms. The molecule has 88 valence electrons. The molecular weight excluding hydrogens is 202 g/mol. The lowest BCUT2D eigenvalue weighted by atomic mass is 10.1. The van der Waals surface area contributed by atoms with Gasteiger partial charge in [0, 0.05) is 6.04 Å². The molecule has 3 heteroatoms. The first-order chi connectivity index (χ1) is 7.72. The van der Waals surface area contributed by atoms with Gasteiger partial charge in [0.15, 0.2) is 0 Å². The number of ether oxygens (including phenoxy) is 1. The second-order valence-electron chi connectivity index (χ2n) is 3.87. The minimum absolute atomic E-state index is 0.163. The van der Waals surface area contributed by atoms with Crippen LogP contribution in [0.3, 0.4) is 0 Å². The third-order valence-corrected chi connectivity index (χ3v) is 2.45. The zero-order valence-corrected chi connectivity index (χ0v) is 9.90. The maximum atomic E-state index is 11.0. The molecule has 1 aromatic carbocycles. The number of carbonyl (C=O) groups excluding carboxylic acids is 1. The van der Waals surface area contributed by atoms with Crippen molar-refractivity contribution in [1.29, 1.82) is 0 Å². The molecule has 0 heterocycles. The van der Waals surface area contributed by atoms with E-state index in [1.165, 1.54) is 12.7 Å². The summed E-state index contributed by atoms with van der Waals surface area (Å²) in [6.07, 6.45) is 1.40. The molecule has 0 aliphatic rings. The fraction of sp³-hybridized carbons (Fsp3) is 0.462. The van der Waals surface area contributed by atoms with Crippen LogP contribution in [0.1, 0.15) is 18.9 Å². The summed E-state index contributed by atoms with van der Waals surface area (Å²) in [5.41, 5.74) is 1.31. The number of carbonyl (C=O) groups is 1. The van der Waals surface area contributed by atoms with Crippen molar-refractivity contribution in [2.45, 2.75) is 25.8 Å². The third kappa shape index (κ3) is 4.94. The van der Waals surface area contributed by atoms with E-state index in [-0.39, 0.29) is 12.0 Å². The molecule has 0 spiro atoms. The second kappa shape index (κ2) is 7.01. The predicted molar refractivity (Wildman–Crippen MR) is 64.2 cm³/mol. The van der Waals surface area contributed by atoms with Gasteiger partial charge in [0.1, 0.15) is 0 Å². The highest BCUT2D eigenvalue weighted by Crippen LogP contribution is 1.99. The van der Waals surface area contributed by atoms with Gasteiger partial charge in [0.05, 0.1) is 13.5 Å². The normalized spacial score (nSPS) is 12.1. The lowest BCUT2D eigenvalue weighted by Crippen LogP contribution is -2.30. The summed E-state index contributed by atoms with van der Waals surface area (Å²) in [6, 6.07) is 10.5. The van der Waals surface area contributed by atoms with Crippen LogP contribution in [0, 0.1) is 0 Å². The molecule has 0 bridgehead atoms. The summed E-state index contributed by atoms with van der Waals surface area (Å²) in [5.74, 6) is -0.167. The van der Waals surface area contributed by atoms with Gasteiger partial charge in [0.25, 0.3) is 0 Å². The van der Waals surface area contributed by atoms with Gasteiger partial charge in [-0.1, -0.05) is 30.3 Å².